The number of amides is 1. The standard InChI is InChI=1S/C11H16N2O.ClH/c1-13(2)11(14)10(8-12)9-6-4-3-5-7-9;/h3-7,10H,8,12H2,1-2H3;1H. The minimum Gasteiger partial charge on any atom is -0.348 e. The number of benzene rings is 1. The summed E-state index contributed by atoms with van der Waals surface area (Å²) in [6.07, 6.45) is 0. The molecule has 1 unspecified atom stereocenters. The smallest absolute Gasteiger partial charge is 0.230 e. The molecule has 0 saturated carbocycles. The predicted octanol–water partition coefficient (Wildman–Crippen LogP) is 1.24. The van der Waals surface area contributed by atoms with Gasteiger partial charge >= 0.3 is 0 Å². The van der Waals surface area contributed by atoms with Crippen LogP contribution in [-0.2, 0) is 4.79 Å². The molecule has 15 heavy (non-hydrogen) atoms. The zero-order valence-electron chi connectivity index (χ0n) is 9.01. The topological polar surface area (TPSA) is 46.3 Å². The van der Waals surface area contributed by atoms with Gasteiger partial charge in [0.25, 0.3) is 0 Å². The zero-order valence-corrected chi connectivity index (χ0v) is 9.83. The van der Waals surface area contributed by atoms with Crippen molar-refractivity contribution in [1.29, 1.82) is 0 Å². The lowest BCUT2D eigenvalue weighted by molar-refractivity contribution is -0.130. The number of carbonyl (C=O) groups is 1. The molecule has 0 saturated heterocycles. The lowest BCUT2D eigenvalue weighted by Crippen LogP contribution is -2.32. The molecule has 0 fully saturated rings. The van der Waals surface area contributed by atoms with Crippen LogP contribution in [0.2, 0.25) is 0 Å². The molecule has 0 bridgehead atoms. The molecule has 3 nitrogen and oxygen atoms in total. The van der Waals surface area contributed by atoms with Gasteiger partial charge in [0, 0.05) is 20.6 Å². The van der Waals surface area contributed by atoms with Crippen molar-refractivity contribution in [2.45, 2.75) is 5.92 Å². The van der Waals surface area contributed by atoms with Gasteiger partial charge in [0.05, 0.1) is 5.92 Å². The maximum atomic E-state index is 11.7. The third-order valence-corrected chi connectivity index (χ3v) is 2.18. The van der Waals surface area contributed by atoms with Gasteiger partial charge in [-0.25, -0.2) is 0 Å². The molecule has 4 heteroatoms. The van der Waals surface area contributed by atoms with Crippen molar-refractivity contribution in [3.63, 3.8) is 0 Å². The Bertz CT molecular complexity index is 301. The number of halogens is 1. The van der Waals surface area contributed by atoms with Crippen molar-refractivity contribution in [1.82, 2.24) is 4.90 Å². The van der Waals surface area contributed by atoms with Crippen molar-refractivity contribution in [3.05, 3.63) is 35.9 Å². The summed E-state index contributed by atoms with van der Waals surface area (Å²) in [5, 5.41) is 0. The molecule has 1 amide bonds. The molecule has 0 aromatic heterocycles. The number of carbonyl (C=O) groups excluding carboxylic acids is 1. The average Bonchev–Trinajstić information content (AvgIpc) is 2.20. The van der Waals surface area contributed by atoms with Gasteiger partial charge in [0.1, 0.15) is 0 Å². The molecule has 0 aliphatic heterocycles. The molecule has 2 N–H and O–H groups in total. The Labute approximate surface area is 96.7 Å². The summed E-state index contributed by atoms with van der Waals surface area (Å²) in [5.41, 5.74) is 6.58. The van der Waals surface area contributed by atoms with Gasteiger partial charge in [0.2, 0.25) is 5.91 Å². The van der Waals surface area contributed by atoms with Gasteiger partial charge in [-0.3, -0.25) is 4.79 Å². The first kappa shape index (κ1) is 13.9. The molecule has 1 aromatic rings. The van der Waals surface area contributed by atoms with Gasteiger partial charge in [-0.05, 0) is 5.56 Å². The lowest BCUT2D eigenvalue weighted by atomic mass is 9.98. The van der Waals surface area contributed by atoms with Crippen molar-refractivity contribution < 1.29 is 4.79 Å². The average molecular weight is 229 g/mol. The van der Waals surface area contributed by atoms with E-state index in [1.165, 1.54) is 0 Å². The second kappa shape index (κ2) is 6.43. The first-order valence-electron chi connectivity index (χ1n) is 4.63. The number of rotatable bonds is 3. The Hall–Kier alpha value is -1.06. The summed E-state index contributed by atoms with van der Waals surface area (Å²) in [7, 11) is 3.49. The first-order valence-corrected chi connectivity index (χ1v) is 4.63. The lowest BCUT2D eigenvalue weighted by Gasteiger charge is -2.19. The Morgan fingerprint density at radius 3 is 2.27 bits per heavy atom. The van der Waals surface area contributed by atoms with E-state index in [1.54, 1.807) is 19.0 Å². The highest BCUT2D eigenvalue weighted by molar-refractivity contribution is 5.85. The van der Waals surface area contributed by atoms with Crippen molar-refractivity contribution in [2.24, 2.45) is 5.73 Å². The number of likely N-dealkylation sites (N-methyl/N-ethyl adjacent to an activating group) is 1. The highest BCUT2D eigenvalue weighted by atomic mass is 35.5. The molecule has 84 valence electrons. The molecule has 0 radical (unpaired) electrons. The Morgan fingerprint density at radius 1 is 1.33 bits per heavy atom. The van der Waals surface area contributed by atoms with Crippen LogP contribution in [-0.4, -0.2) is 31.4 Å². The van der Waals surface area contributed by atoms with Crippen LogP contribution in [0.3, 0.4) is 0 Å². The van der Waals surface area contributed by atoms with Crippen LogP contribution in [0.15, 0.2) is 30.3 Å². The van der Waals surface area contributed by atoms with E-state index in [0.717, 1.165) is 5.56 Å². The van der Waals surface area contributed by atoms with Gasteiger partial charge in [-0.2, -0.15) is 0 Å². The molecule has 1 rings (SSSR count). The minimum atomic E-state index is -0.216. The minimum absolute atomic E-state index is 0. The number of hydrogen-bond acceptors (Lipinski definition) is 2. The molecule has 0 aliphatic carbocycles. The molecule has 0 aliphatic rings. The maximum Gasteiger partial charge on any atom is 0.230 e. The molecule has 0 heterocycles. The summed E-state index contributed by atoms with van der Waals surface area (Å²) in [5.74, 6) is -0.162. The fourth-order valence-electron chi connectivity index (χ4n) is 1.38. The Morgan fingerprint density at radius 2 is 1.87 bits per heavy atom. The summed E-state index contributed by atoms with van der Waals surface area (Å²) in [6, 6.07) is 9.62. The van der Waals surface area contributed by atoms with E-state index in [-0.39, 0.29) is 24.2 Å². The fraction of sp³-hybridized carbons (Fsp3) is 0.364. The number of nitrogens with zero attached hydrogens (tertiary/aromatic N) is 1. The molecule has 1 aromatic carbocycles. The normalized spacial score (nSPS) is 11.4. The summed E-state index contributed by atoms with van der Waals surface area (Å²) in [6.45, 7) is 0.348. The number of nitrogens with two attached hydrogens (primary N) is 1. The highest BCUT2D eigenvalue weighted by Gasteiger charge is 2.19. The van der Waals surface area contributed by atoms with E-state index >= 15 is 0 Å². The second-order valence-corrected chi connectivity index (χ2v) is 3.43. The van der Waals surface area contributed by atoms with E-state index < -0.39 is 0 Å². The van der Waals surface area contributed by atoms with Crippen LogP contribution in [0.1, 0.15) is 11.5 Å². The first-order chi connectivity index (χ1) is 6.66. The number of hydrogen-bond donors (Lipinski definition) is 1. The van der Waals surface area contributed by atoms with Crippen molar-refractivity contribution in [3.8, 4) is 0 Å². The molecular weight excluding hydrogens is 212 g/mol. The van der Waals surface area contributed by atoms with E-state index in [1.807, 2.05) is 30.3 Å². The van der Waals surface area contributed by atoms with Crippen molar-refractivity contribution >= 4 is 18.3 Å². The Balaban J connectivity index is 0.00000196. The summed E-state index contributed by atoms with van der Waals surface area (Å²) in [4.78, 5) is 13.3. The van der Waals surface area contributed by atoms with E-state index in [9.17, 15) is 4.79 Å². The third kappa shape index (κ3) is 3.53. The molecule has 1 atom stereocenters. The Kier molecular flexibility index (Phi) is 5.97. The quantitative estimate of drug-likeness (QED) is 0.846. The highest BCUT2D eigenvalue weighted by Crippen LogP contribution is 2.15. The molecule has 0 spiro atoms. The summed E-state index contributed by atoms with van der Waals surface area (Å²) >= 11 is 0. The monoisotopic (exact) mass is 228 g/mol. The van der Waals surface area contributed by atoms with Crippen LogP contribution >= 0.6 is 12.4 Å². The van der Waals surface area contributed by atoms with Gasteiger partial charge in [-0.15, -0.1) is 12.4 Å². The third-order valence-electron chi connectivity index (χ3n) is 2.18. The largest absolute Gasteiger partial charge is 0.348 e. The van der Waals surface area contributed by atoms with Crippen LogP contribution < -0.4 is 5.73 Å². The van der Waals surface area contributed by atoms with Crippen LogP contribution in [0.25, 0.3) is 0 Å². The van der Waals surface area contributed by atoms with Crippen molar-refractivity contribution in [2.75, 3.05) is 20.6 Å². The van der Waals surface area contributed by atoms with E-state index in [2.05, 4.69) is 0 Å². The second-order valence-electron chi connectivity index (χ2n) is 3.43. The van der Waals surface area contributed by atoms with Crippen LogP contribution in [0.5, 0.6) is 0 Å². The SMILES string of the molecule is CN(C)C(=O)C(CN)c1ccccc1.Cl. The fourth-order valence-corrected chi connectivity index (χ4v) is 1.38. The van der Waals surface area contributed by atoms with Gasteiger partial charge in [0.15, 0.2) is 0 Å². The van der Waals surface area contributed by atoms with E-state index in [4.69, 9.17) is 5.73 Å². The molecular formula is C11H17ClN2O. The van der Waals surface area contributed by atoms with Crippen LogP contribution in [0.4, 0.5) is 0 Å². The van der Waals surface area contributed by atoms with Crippen LogP contribution in [0, 0.1) is 0 Å². The zero-order chi connectivity index (χ0) is 10.6. The predicted molar refractivity (Wildman–Crippen MR) is 64.2 cm³/mol. The van der Waals surface area contributed by atoms with Gasteiger partial charge in [-0.1, -0.05) is 30.3 Å². The van der Waals surface area contributed by atoms with Gasteiger partial charge < -0.3 is 10.6 Å². The van der Waals surface area contributed by atoms with E-state index in [0.29, 0.717) is 6.54 Å². The summed E-state index contributed by atoms with van der Waals surface area (Å²) < 4.78 is 0. The maximum absolute atomic E-state index is 11.7.